The van der Waals surface area contributed by atoms with Crippen molar-refractivity contribution in [3.63, 3.8) is 0 Å². The summed E-state index contributed by atoms with van der Waals surface area (Å²) in [6.45, 7) is 15.0. The lowest BCUT2D eigenvalue weighted by atomic mass is 9.96. The molecular formula is C33H31ClF3NO3S. The average Bonchev–Trinajstić information content (AvgIpc) is 3.15. The molecule has 2 rings (SSSR count). The molecule has 0 atom stereocenters. The number of ether oxygens (including phenoxy) is 1. The van der Waals surface area contributed by atoms with Crippen LogP contribution in [-0.2, 0) is 14.8 Å². The van der Waals surface area contributed by atoms with Crippen molar-refractivity contribution in [1.82, 2.24) is 0 Å². The van der Waals surface area contributed by atoms with Crippen LogP contribution in [-0.4, -0.2) is 15.5 Å². The standard InChI is InChI=1S/C33H31ClF3NO3S/c1-7-10-12-25(27(9-3)22(4)15-16-23(5)34)18-17-24(8-2)32-28(36)19-20-29(33(32)37)38-42(39,40)31-21-26(35)13-11-14-30(31)41-6/h7-13,16-21,38H,1,3-4,15H2,2,5-6H3/b12-10-,18-17-,23-16+,24-8+,27-25-. The first-order valence-corrected chi connectivity index (χ1v) is 14.4. The first-order valence-electron chi connectivity index (χ1n) is 12.5. The molecule has 0 saturated carbocycles. The molecule has 1 aliphatic carbocycles. The summed E-state index contributed by atoms with van der Waals surface area (Å²) in [7, 11) is -3.41. The molecule has 0 aromatic heterocycles. The van der Waals surface area contributed by atoms with Crippen molar-refractivity contribution in [3.05, 3.63) is 160 Å². The molecule has 0 spiro atoms. The predicted octanol–water partition coefficient (Wildman–Crippen LogP) is 9.42. The van der Waals surface area contributed by atoms with E-state index in [0.29, 0.717) is 34.2 Å². The van der Waals surface area contributed by atoms with E-state index in [0.717, 1.165) is 24.3 Å². The van der Waals surface area contributed by atoms with Gasteiger partial charge in [-0.2, -0.15) is 0 Å². The Morgan fingerprint density at radius 3 is 2.48 bits per heavy atom. The van der Waals surface area contributed by atoms with Crippen LogP contribution in [0.15, 0.2) is 143 Å². The van der Waals surface area contributed by atoms with Crippen LogP contribution in [0.5, 0.6) is 0 Å². The fraction of sp³-hybridized carbons (Fsp3) is 0.121. The summed E-state index contributed by atoms with van der Waals surface area (Å²) in [5, 5.41) is 0.596. The number of hydrogen-bond donors (Lipinski definition) is 1. The zero-order valence-electron chi connectivity index (χ0n) is 23.5. The van der Waals surface area contributed by atoms with E-state index >= 15 is 8.78 Å². The van der Waals surface area contributed by atoms with Crippen molar-refractivity contribution in [2.24, 2.45) is 0 Å². The maximum atomic E-state index is 15.8. The van der Waals surface area contributed by atoms with E-state index in [2.05, 4.69) is 30.2 Å². The monoisotopic (exact) mass is 613 g/mol. The number of benzene rings is 1. The second kappa shape index (κ2) is 15.7. The largest absolute Gasteiger partial charge is 0.488 e. The van der Waals surface area contributed by atoms with Crippen LogP contribution in [0, 0.1) is 11.6 Å². The number of halogens is 4. The van der Waals surface area contributed by atoms with Crippen molar-refractivity contribution in [1.29, 1.82) is 0 Å². The van der Waals surface area contributed by atoms with Crippen molar-refractivity contribution in [2.75, 3.05) is 11.8 Å². The van der Waals surface area contributed by atoms with Gasteiger partial charge >= 0.3 is 0 Å². The minimum absolute atomic E-state index is 0.115. The normalized spacial score (nSPS) is 15.1. The SMILES string of the molecule is C=C\C=C/C(/C=C\C(=C/C)c1c(F)ccc(NS(=O)(=O)C2=CC(F)=CC=C=C2OC)c1F)=C(\C=C)C(=C)C/C=C(\C)Cl. The number of sulfonamides is 1. The third-order valence-corrected chi connectivity index (χ3v) is 7.28. The van der Waals surface area contributed by atoms with Crippen molar-refractivity contribution < 1.29 is 26.3 Å². The zero-order chi connectivity index (χ0) is 31.4. The Balaban J connectivity index is 2.60. The van der Waals surface area contributed by atoms with E-state index in [4.69, 9.17) is 16.3 Å². The Kier molecular flexibility index (Phi) is 12.7. The van der Waals surface area contributed by atoms with E-state index in [1.54, 1.807) is 50.3 Å². The topological polar surface area (TPSA) is 55.4 Å². The minimum Gasteiger partial charge on any atom is -0.488 e. The molecule has 1 N–H and O–H groups in total. The molecular weight excluding hydrogens is 583 g/mol. The number of allylic oxidation sites excluding steroid dienone is 16. The van der Waals surface area contributed by atoms with Crippen LogP contribution in [0.1, 0.15) is 25.8 Å². The molecule has 1 aliphatic rings. The third-order valence-electron chi connectivity index (χ3n) is 5.76. The Morgan fingerprint density at radius 2 is 1.88 bits per heavy atom. The number of hydrogen-bond acceptors (Lipinski definition) is 3. The summed E-state index contributed by atoms with van der Waals surface area (Å²) in [5.41, 5.74) is 3.57. The molecule has 0 fully saturated rings. The van der Waals surface area contributed by atoms with Crippen molar-refractivity contribution >= 4 is 32.9 Å². The molecule has 1 aromatic rings. The molecule has 0 bridgehead atoms. The quantitative estimate of drug-likeness (QED) is 0.178. The van der Waals surface area contributed by atoms with Gasteiger partial charge in [0.2, 0.25) is 0 Å². The molecule has 4 nitrogen and oxygen atoms in total. The first-order chi connectivity index (χ1) is 19.9. The van der Waals surface area contributed by atoms with Gasteiger partial charge in [-0.05, 0) is 72.9 Å². The number of methoxy groups -OCH3 is 1. The van der Waals surface area contributed by atoms with Gasteiger partial charge in [0.1, 0.15) is 16.5 Å². The second-order valence-corrected chi connectivity index (χ2v) is 10.9. The lowest BCUT2D eigenvalue weighted by Gasteiger charge is -2.15. The van der Waals surface area contributed by atoms with Gasteiger partial charge in [-0.3, -0.25) is 4.72 Å². The van der Waals surface area contributed by atoms with E-state index in [1.807, 2.05) is 0 Å². The molecule has 0 amide bonds. The maximum Gasteiger partial charge on any atom is 0.266 e. The summed E-state index contributed by atoms with van der Waals surface area (Å²) in [4.78, 5) is -0.621. The molecule has 220 valence electrons. The highest BCUT2D eigenvalue weighted by atomic mass is 35.5. The first kappa shape index (κ1) is 34.0. The molecule has 0 aliphatic heterocycles. The third kappa shape index (κ3) is 8.88. The van der Waals surface area contributed by atoms with Gasteiger partial charge in [0.05, 0.1) is 18.4 Å². The smallest absolute Gasteiger partial charge is 0.266 e. The molecule has 0 heterocycles. The number of rotatable bonds is 13. The Bertz CT molecular complexity index is 1660. The highest BCUT2D eigenvalue weighted by Gasteiger charge is 2.27. The van der Waals surface area contributed by atoms with Gasteiger partial charge in [0.15, 0.2) is 11.6 Å². The van der Waals surface area contributed by atoms with Crippen LogP contribution >= 0.6 is 11.6 Å². The fourth-order valence-electron chi connectivity index (χ4n) is 3.71. The molecule has 0 radical (unpaired) electrons. The van der Waals surface area contributed by atoms with Crippen molar-refractivity contribution in [3.8, 4) is 0 Å². The summed E-state index contributed by atoms with van der Waals surface area (Å²) in [6, 6.07) is 1.86. The van der Waals surface area contributed by atoms with E-state index in [9.17, 15) is 12.8 Å². The second-order valence-electron chi connectivity index (χ2n) is 8.64. The van der Waals surface area contributed by atoms with Gasteiger partial charge in [-0.25, -0.2) is 21.6 Å². The van der Waals surface area contributed by atoms with Crippen LogP contribution in [0.25, 0.3) is 5.57 Å². The molecule has 0 unspecified atom stereocenters. The predicted molar refractivity (Wildman–Crippen MR) is 167 cm³/mol. The Morgan fingerprint density at radius 1 is 1.17 bits per heavy atom. The van der Waals surface area contributed by atoms with Gasteiger partial charge in [-0.15, -0.1) is 0 Å². The van der Waals surface area contributed by atoms with E-state index in [1.165, 1.54) is 19.3 Å². The molecule has 1 aromatic carbocycles. The van der Waals surface area contributed by atoms with Crippen molar-refractivity contribution in [2.45, 2.75) is 20.3 Å². The number of anilines is 1. The lowest BCUT2D eigenvalue weighted by molar-refractivity contribution is 0.305. The highest BCUT2D eigenvalue weighted by molar-refractivity contribution is 7.96. The minimum atomic E-state index is -4.59. The van der Waals surface area contributed by atoms with E-state index in [-0.39, 0.29) is 11.3 Å². The number of nitrogens with one attached hydrogen (secondary N) is 1. The Labute approximate surface area is 250 Å². The maximum absolute atomic E-state index is 15.8. The van der Waals surface area contributed by atoms with Crippen LogP contribution in [0.4, 0.5) is 18.9 Å². The molecule has 0 saturated heterocycles. The summed E-state index contributed by atoms with van der Waals surface area (Å²) >= 11 is 5.96. The molecule has 9 heteroatoms. The van der Waals surface area contributed by atoms with Crippen LogP contribution < -0.4 is 4.72 Å². The van der Waals surface area contributed by atoms with Gasteiger partial charge in [0.25, 0.3) is 10.0 Å². The average molecular weight is 614 g/mol. The van der Waals surface area contributed by atoms with Crippen LogP contribution in [0.2, 0.25) is 0 Å². The highest BCUT2D eigenvalue weighted by Crippen LogP contribution is 2.32. The lowest BCUT2D eigenvalue weighted by Crippen LogP contribution is -2.18. The fourth-order valence-corrected chi connectivity index (χ4v) is 5.00. The van der Waals surface area contributed by atoms with Crippen LogP contribution in [0.3, 0.4) is 0 Å². The Hall–Kier alpha value is -4.23. The van der Waals surface area contributed by atoms with Gasteiger partial charge in [0, 0.05) is 5.03 Å². The van der Waals surface area contributed by atoms with Gasteiger partial charge < -0.3 is 4.74 Å². The molecule has 42 heavy (non-hydrogen) atoms. The summed E-state index contributed by atoms with van der Waals surface area (Å²) < 4.78 is 78.2. The summed E-state index contributed by atoms with van der Waals surface area (Å²) in [5.74, 6) is -3.29. The summed E-state index contributed by atoms with van der Waals surface area (Å²) in [6.07, 6.45) is 16.2. The van der Waals surface area contributed by atoms with E-state index < -0.39 is 43.6 Å². The van der Waals surface area contributed by atoms with Gasteiger partial charge in [-0.1, -0.05) is 85.7 Å². The zero-order valence-corrected chi connectivity index (χ0v) is 25.1.